The summed E-state index contributed by atoms with van der Waals surface area (Å²) < 4.78 is 5.44. The minimum atomic E-state index is -0.510. The highest BCUT2D eigenvalue weighted by molar-refractivity contribution is 7.99. The first kappa shape index (κ1) is 25.4. The Morgan fingerprint density at radius 2 is 2.06 bits per heavy atom. The van der Waals surface area contributed by atoms with Gasteiger partial charge >= 0.3 is 12.1 Å². The molecule has 0 spiro atoms. The number of piperidine rings is 1. The van der Waals surface area contributed by atoms with Crippen molar-refractivity contribution in [3.8, 4) is 0 Å². The molecule has 1 aliphatic rings. The van der Waals surface area contributed by atoms with E-state index in [2.05, 4.69) is 31.3 Å². The molecule has 1 fully saturated rings. The van der Waals surface area contributed by atoms with Crippen molar-refractivity contribution in [2.75, 3.05) is 32.0 Å². The van der Waals surface area contributed by atoms with Gasteiger partial charge in [0.2, 0.25) is 0 Å². The average molecular weight is 450 g/mol. The molecule has 1 aliphatic heterocycles. The number of ether oxygens (including phenoxy) is 1. The Balaban J connectivity index is 1.92. The largest absolute Gasteiger partial charge is 0.444 e. The molecule has 3 amide bonds. The van der Waals surface area contributed by atoms with E-state index in [1.165, 1.54) is 4.90 Å². The zero-order chi connectivity index (χ0) is 23.2. The Morgan fingerprint density at radius 3 is 2.68 bits per heavy atom. The number of carbonyl (C=O) groups excluding carboxylic acids is 2. The van der Waals surface area contributed by atoms with Crippen molar-refractivity contribution in [2.24, 2.45) is 5.92 Å². The van der Waals surface area contributed by atoms with Gasteiger partial charge in [-0.05, 0) is 76.6 Å². The smallest absolute Gasteiger partial charge is 0.410 e. The fraction of sp³-hybridized carbons (Fsp3) is 0.667. The number of rotatable bonds is 6. The van der Waals surface area contributed by atoms with Gasteiger partial charge in [0.25, 0.3) is 0 Å². The number of anilines is 1. The SMILES string of the molecule is CCC(C)Sc1ccc(NC(=O)N2CCCC(CN(C)C(=O)OC(C)(C)C)C2)c(C)c1. The molecule has 6 nitrogen and oxygen atoms in total. The molecule has 1 aromatic rings. The average Bonchev–Trinajstić information content (AvgIpc) is 2.68. The summed E-state index contributed by atoms with van der Waals surface area (Å²) in [4.78, 5) is 29.8. The monoisotopic (exact) mass is 449 g/mol. The topological polar surface area (TPSA) is 61.9 Å². The quantitative estimate of drug-likeness (QED) is 0.541. The van der Waals surface area contributed by atoms with Crippen LogP contribution in [-0.2, 0) is 4.74 Å². The fourth-order valence-electron chi connectivity index (χ4n) is 3.56. The third-order valence-corrected chi connectivity index (χ3v) is 6.66. The lowest BCUT2D eigenvalue weighted by molar-refractivity contribution is 0.0253. The molecule has 0 saturated carbocycles. The summed E-state index contributed by atoms with van der Waals surface area (Å²) in [7, 11) is 1.76. The zero-order valence-electron chi connectivity index (χ0n) is 20.2. The van der Waals surface area contributed by atoms with Crippen LogP contribution >= 0.6 is 11.8 Å². The van der Waals surface area contributed by atoms with Crippen LogP contribution in [-0.4, -0.2) is 59.5 Å². The molecule has 0 bridgehead atoms. The fourth-order valence-corrected chi connectivity index (χ4v) is 4.58. The van der Waals surface area contributed by atoms with E-state index in [-0.39, 0.29) is 18.0 Å². The maximum atomic E-state index is 12.9. The molecule has 174 valence electrons. The maximum absolute atomic E-state index is 12.9. The molecular weight excluding hydrogens is 410 g/mol. The summed E-state index contributed by atoms with van der Waals surface area (Å²) in [5.41, 5.74) is 1.41. The van der Waals surface area contributed by atoms with Crippen LogP contribution in [0.15, 0.2) is 23.1 Å². The van der Waals surface area contributed by atoms with Gasteiger partial charge in [0.05, 0.1) is 0 Å². The van der Waals surface area contributed by atoms with Gasteiger partial charge in [0, 0.05) is 42.5 Å². The third-order valence-electron chi connectivity index (χ3n) is 5.40. The molecule has 2 rings (SSSR count). The predicted octanol–water partition coefficient (Wildman–Crippen LogP) is 6.00. The zero-order valence-corrected chi connectivity index (χ0v) is 21.0. The Morgan fingerprint density at radius 1 is 1.35 bits per heavy atom. The van der Waals surface area contributed by atoms with E-state index in [1.807, 2.05) is 50.4 Å². The van der Waals surface area contributed by atoms with E-state index < -0.39 is 5.60 Å². The number of benzene rings is 1. The summed E-state index contributed by atoms with van der Waals surface area (Å²) >= 11 is 1.86. The van der Waals surface area contributed by atoms with Crippen LogP contribution in [0.4, 0.5) is 15.3 Å². The van der Waals surface area contributed by atoms with Crippen LogP contribution in [0.5, 0.6) is 0 Å². The lowest BCUT2D eigenvalue weighted by atomic mass is 9.98. The lowest BCUT2D eigenvalue weighted by Crippen LogP contribution is -2.46. The predicted molar refractivity (Wildman–Crippen MR) is 129 cm³/mol. The third kappa shape index (κ3) is 8.28. The molecule has 0 aliphatic carbocycles. The molecule has 1 heterocycles. The van der Waals surface area contributed by atoms with Gasteiger partial charge in [0.1, 0.15) is 5.60 Å². The Kier molecular flexibility index (Phi) is 9.10. The van der Waals surface area contributed by atoms with E-state index >= 15 is 0 Å². The minimum Gasteiger partial charge on any atom is -0.444 e. The standard InChI is InChI=1S/C24H39N3O3S/c1-8-18(3)31-20-11-12-21(17(2)14-20)25-22(28)27-13-9-10-19(16-27)15-26(7)23(29)30-24(4,5)6/h11-12,14,18-19H,8-10,13,15-16H2,1-7H3,(H,25,28). The van der Waals surface area contributed by atoms with Gasteiger partial charge in [-0.3, -0.25) is 0 Å². The maximum Gasteiger partial charge on any atom is 0.410 e. The molecule has 1 N–H and O–H groups in total. The van der Waals surface area contributed by atoms with Crippen molar-refractivity contribution in [1.82, 2.24) is 9.80 Å². The number of thioether (sulfide) groups is 1. The van der Waals surface area contributed by atoms with Gasteiger partial charge in [-0.25, -0.2) is 9.59 Å². The molecule has 2 atom stereocenters. The van der Waals surface area contributed by atoms with Gasteiger partial charge in [-0.2, -0.15) is 0 Å². The van der Waals surface area contributed by atoms with Gasteiger partial charge < -0.3 is 19.9 Å². The van der Waals surface area contributed by atoms with Crippen molar-refractivity contribution in [2.45, 2.75) is 76.6 Å². The van der Waals surface area contributed by atoms with Crippen LogP contribution in [0.3, 0.4) is 0 Å². The summed E-state index contributed by atoms with van der Waals surface area (Å²) in [6.45, 7) is 14.0. The highest BCUT2D eigenvalue weighted by Gasteiger charge is 2.27. The number of urea groups is 1. The van der Waals surface area contributed by atoms with Crippen LogP contribution in [0.1, 0.15) is 59.4 Å². The number of amides is 3. The van der Waals surface area contributed by atoms with Crippen molar-refractivity contribution >= 4 is 29.6 Å². The molecule has 0 aromatic heterocycles. The van der Waals surface area contributed by atoms with Crippen molar-refractivity contribution < 1.29 is 14.3 Å². The second-order valence-electron chi connectivity index (χ2n) is 9.56. The van der Waals surface area contributed by atoms with Crippen LogP contribution in [0.2, 0.25) is 0 Å². The first-order valence-electron chi connectivity index (χ1n) is 11.3. The summed E-state index contributed by atoms with van der Waals surface area (Å²) in [6, 6.07) is 6.14. The number of nitrogens with one attached hydrogen (secondary N) is 1. The van der Waals surface area contributed by atoms with Gasteiger partial charge in [-0.1, -0.05) is 13.8 Å². The van der Waals surface area contributed by atoms with E-state index in [0.29, 0.717) is 18.3 Å². The number of nitrogens with zero attached hydrogens (tertiary/aromatic N) is 2. The first-order valence-corrected chi connectivity index (χ1v) is 12.1. The van der Waals surface area contributed by atoms with Gasteiger partial charge in [0.15, 0.2) is 0 Å². The molecule has 1 saturated heterocycles. The Labute approximate surface area is 192 Å². The summed E-state index contributed by atoms with van der Waals surface area (Å²) in [5.74, 6) is 0.243. The van der Waals surface area contributed by atoms with Crippen LogP contribution in [0, 0.1) is 12.8 Å². The highest BCUT2D eigenvalue weighted by atomic mass is 32.2. The van der Waals surface area contributed by atoms with Crippen molar-refractivity contribution in [1.29, 1.82) is 0 Å². The number of likely N-dealkylation sites (tertiary alicyclic amines) is 1. The summed E-state index contributed by atoms with van der Waals surface area (Å²) in [5, 5.41) is 3.65. The molecular formula is C24H39N3O3S. The number of aryl methyl sites for hydroxylation is 1. The Hall–Kier alpha value is -1.89. The number of hydrogen-bond donors (Lipinski definition) is 1. The van der Waals surface area contributed by atoms with Crippen molar-refractivity contribution in [3.05, 3.63) is 23.8 Å². The number of hydrogen-bond acceptors (Lipinski definition) is 4. The molecule has 1 aromatic carbocycles. The normalized spacial score (nSPS) is 17.8. The second kappa shape index (κ2) is 11.1. The Bertz CT molecular complexity index is 763. The minimum absolute atomic E-state index is 0.0740. The van der Waals surface area contributed by atoms with Crippen LogP contribution < -0.4 is 5.32 Å². The van der Waals surface area contributed by atoms with E-state index in [0.717, 1.165) is 37.1 Å². The summed E-state index contributed by atoms with van der Waals surface area (Å²) in [6.07, 6.45) is 2.74. The van der Waals surface area contributed by atoms with E-state index in [9.17, 15) is 9.59 Å². The van der Waals surface area contributed by atoms with E-state index in [4.69, 9.17) is 4.74 Å². The number of carbonyl (C=O) groups is 2. The van der Waals surface area contributed by atoms with Crippen molar-refractivity contribution in [3.63, 3.8) is 0 Å². The lowest BCUT2D eigenvalue weighted by Gasteiger charge is -2.35. The van der Waals surface area contributed by atoms with Crippen LogP contribution in [0.25, 0.3) is 0 Å². The van der Waals surface area contributed by atoms with Gasteiger partial charge in [-0.15, -0.1) is 11.8 Å². The van der Waals surface area contributed by atoms with E-state index in [1.54, 1.807) is 11.9 Å². The molecule has 0 radical (unpaired) electrons. The molecule has 31 heavy (non-hydrogen) atoms. The highest BCUT2D eigenvalue weighted by Crippen LogP contribution is 2.29. The first-order chi connectivity index (χ1) is 14.5. The second-order valence-corrected chi connectivity index (χ2v) is 11.1. The molecule has 2 unspecified atom stereocenters. The molecule has 7 heteroatoms.